The number of halogens is 1. The molecular formula is C18H17FN2O2. The minimum Gasteiger partial charge on any atom is -0.354 e. The van der Waals surface area contributed by atoms with E-state index in [-0.39, 0.29) is 17.6 Å². The maximum Gasteiger partial charge on any atom is 0.251 e. The van der Waals surface area contributed by atoms with Crippen molar-refractivity contribution in [1.82, 2.24) is 10.6 Å². The highest BCUT2D eigenvalue weighted by Gasteiger charge is 2.24. The second kappa shape index (κ2) is 6.60. The van der Waals surface area contributed by atoms with Gasteiger partial charge in [0.1, 0.15) is 11.9 Å². The largest absolute Gasteiger partial charge is 0.354 e. The number of rotatable bonds is 3. The molecule has 0 aliphatic carbocycles. The van der Waals surface area contributed by atoms with Gasteiger partial charge in [0, 0.05) is 12.1 Å². The van der Waals surface area contributed by atoms with E-state index in [4.69, 9.17) is 0 Å². The molecule has 5 heteroatoms. The molecular weight excluding hydrogens is 295 g/mol. The summed E-state index contributed by atoms with van der Waals surface area (Å²) in [5.41, 5.74) is 2.13. The van der Waals surface area contributed by atoms with E-state index < -0.39 is 6.04 Å². The van der Waals surface area contributed by atoms with Gasteiger partial charge in [0.05, 0.1) is 0 Å². The van der Waals surface area contributed by atoms with Crippen molar-refractivity contribution in [3.63, 3.8) is 0 Å². The van der Waals surface area contributed by atoms with E-state index in [1.807, 2.05) is 6.07 Å². The van der Waals surface area contributed by atoms with E-state index in [2.05, 4.69) is 10.6 Å². The first-order valence-electron chi connectivity index (χ1n) is 7.58. The van der Waals surface area contributed by atoms with Crippen LogP contribution in [0.4, 0.5) is 4.39 Å². The molecule has 1 aliphatic heterocycles. The van der Waals surface area contributed by atoms with Crippen molar-refractivity contribution < 1.29 is 14.0 Å². The average molecular weight is 312 g/mol. The highest BCUT2D eigenvalue weighted by molar-refractivity contribution is 5.98. The quantitative estimate of drug-likeness (QED) is 0.915. The fraction of sp³-hybridized carbons (Fsp3) is 0.222. The van der Waals surface area contributed by atoms with Crippen LogP contribution in [0.1, 0.15) is 23.2 Å². The Bertz CT molecular complexity index is 728. The maximum atomic E-state index is 13.0. The molecule has 0 spiro atoms. The van der Waals surface area contributed by atoms with Gasteiger partial charge in [-0.2, -0.15) is 0 Å². The van der Waals surface area contributed by atoms with Crippen LogP contribution in [0.5, 0.6) is 0 Å². The standard InChI is InChI=1S/C18H17FN2O2/c19-15-8-6-12(7-9-15)13-3-1-4-14(11-13)17(22)21-16-5-2-10-20-18(16)23/h1,3-4,6-9,11,16H,2,5,10H2,(H,20,23)(H,21,22). The Balaban J connectivity index is 1.77. The second-order valence-corrected chi connectivity index (χ2v) is 5.55. The third-order valence-corrected chi connectivity index (χ3v) is 3.89. The summed E-state index contributed by atoms with van der Waals surface area (Å²) in [6.07, 6.45) is 1.50. The van der Waals surface area contributed by atoms with Gasteiger partial charge in [0.2, 0.25) is 5.91 Å². The van der Waals surface area contributed by atoms with Crippen LogP contribution >= 0.6 is 0 Å². The van der Waals surface area contributed by atoms with Crippen molar-refractivity contribution in [2.24, 2.45) is 0 Å². The molecule has 2 aromatic rings. The molecule has 2 N–H and O–H groups in total. The molecule has 3 rings (SSSR count). The number of piperidine rings is 1. The summed E-state index contributed by atoms with van der Waals surface area (Å²) in [4.78, 5) is 24.1. The smallest absolute Gasteiger partial charge is 0.251 e. The van der Waals surface area contributed by atoms with Crippen LogP contribution in [0.15, 0.2) is 48.5 Å². The number of amides is 2. The lowest BCUT2D eigenvalue weighted by Crippen LogP contribution is -2.50. The molecule has 23 heavy (non-hydrogen) atoms. The molecule has 2 aromatic carbocycles. The lowest BCUT2D eigenvalue weighted by atomic mass is 10.0. The fourth-order valence-corrected chi connectivity index (χ4v) is 2.63. The topological polar surface area (TPSA) is 58.2 Å². The van der Waals surface area contributed by atoms with E-state index in [9.17, 15) is 14.0 Å². The first kappa shape index (κ1) is 15.2. The lowest BCUT2D eigenvalue weighted by molar-refractivity contribution is -0.124. The number of carbonyl (C=O) groups is 2. The first-order valence-corrected chi connectivity index (χ1v) is 7.58. The van der Waals surface area contributed by atoms with Gasteiger partial charge >= 0.3 is 0 Å². The second-order valence-electron chi connectivity index (χ2n) is 5.55. The Morgan fingerprint density at radius 3 is 2.65 bits per heavy atom. The molecule has 1 fully saturated rings. The third kappa shape index (κ3) is 3.56. The number of benzene rings is 2. The summed E-state index contributed by atoms with van der Waals surface area (Å²) in [6, 6.07) is 12.7. The molecule has 0 bridgehead atoms. The van der Waals surface area contributed by atoms with Crippen molar-refractivity contribution in [2.75, 3.05) is 6.54 Å². The van der Waals surface area contributed by atoms with Crippen LogP contribution in [0.25, 0.3) is 11.1 Å². The number of nitrogens with one attached hydrogen (secondary N) is 2. The monoisotopic (exact) mass is 312 g/mol. The molecule has 2 amide bonds. The molecule has 0 aromatic heterocycles. The van der Waals surface area contributed by atoms with E-state index >= 15 is 0 Å². The normalized spacial score (nSPS) is 17.4. The number of carbonyl (C=O) groups excluding carboxylic acids is 2. The van der Waals surface area contributed by atoms with E-state index in [0.717, 1.165) is 17.5 Å². The van der Waals surface area contributed by atoms with Crippen LogP contribution in [-0.2, 0) is 4.79 Å². The minimum absolute atomic E-state index is 0.140. The molecule has 0 saturated carbocycles. The molecule has 1 atom stereocenters. The van der Waals surface area contributed by atoms with E-state index in [1.54, 1.807) is 30.3 Å². The summed E-state index contributed by atoms with van der Waals surface area (Å²) >= 11 is 0. The molecule has 1 aliphatic rings. The average Bonchev–Trinajstić information content (AvgIpc) is 2.58. The molecule has 1 heterocycles. The fourth-order valence-electron chi connectivity index (χ4n) is 2.63. The van der Waals surface area contributed by atoms with Gasteiger partial charge in [-0.15, -0.1) is 0 Å². The van der Waals surface area contributed by atoms with Gasteiger partial charge in [-0.1, -0.05) is 24.3 Å². The maximum absolute atomic E-state index is 13.0. The molecule has 4 nitrogen and oxygen atoms in total. The predicted molar refractivity (Wildman–Crippen MR) is 85.3 cm³/mol. The van der Waals surface area contributed by atoms with Crippen molar-refractivity contribution in [3.8, 4) is 11.1 Å². The minimum atomic E-state index is -0.481. The lowest BCUT2D eigenvalue weighted by Gasteiger charge is -2.22. The Kier molecular flexibility index (Phi) is 4.37. The summed E-state index contributed by atoms with van der Waals surface area (Å²) in [6.45, 7) is 0.658. The first-order chi connectivity index (χ1) is 11.1. The molecule has 118 valence electrons. The van der Waals surface area contributed by atoms with Gasteiger partial charge in [0.15, 0.2) is 0 Å². The van der Waals surface area contributed by atoms with E-state index in [1.165, 1.54) is 12.1 Å². The van der Waals surface area contributed by atoms with Gasteiger partial charge in [0.25, 0.3) is 5.91 Å². The van der Waals surface area contributed by atoms with Crippen molar-refractivity contribution in [2.45, 2.75) is 18.9 Å². The molecule has 1 unspecified atom stereocenters. The van der Waals surface area contributed by atoms with Crippen LogP contribution in [0, 0.1) is 5.82 Å². The van der Waals surface area contributed by atoms with Crippen LogP contribution in [0.2, 0.25) is 0 Å². The van der Waals surface area contributed by atoms with Crippen molar-refractivity contribution in [3.05, 3.63) is 59.9 Å². The van der Waals surface area contributed by atoms with Crippen LogP contribution in [0.3, 0.4) is 0 Å². The predicted octanol–water partition coefficient (Wildman–Crippen LogP) is 2.50. The highest BCUT2D eigenvalue weighted by Crippen LogP contribution is 2.21. The SMILES string of the molecule is O=C(NC1CCCNC1=O)c1cccc(-c2ccc(F)cc2)c1. The van der Waals surface area contributed by atoms with Crippen molar-refractivity contribution in [1.29, 1.82) is 0 Å². The van der Waals surface area contributed by atoms with Gasteiger partial charge in [-0.05, 0) is 48.2 Å². The van der Waals surface area contributed by atoms with E-state index in [0.29, 0.717) is 18.5 Å². The van der Waals surface area contributed by atoms with Gasteiger partial charge in [-0.3, -0.25) is 9.59 Å². The zero-order valence-corrected chi connectivity index (χ0v) is 12.5. The highest BCUT2D eigenvalue weighted by atomic mass is 19.1. The van der Waals surface area contributed by atoms with Gasteiger partial charge < -0.3 is 10.6 Å². The Labute approximate surface area is 133 Å². The summed E-state index contributed by atoms with van der Waals surface area (Å²) in [5, 5.41) is 5.50. The number of hydrogen-bond donors (Lipinski definition) is 2. The summed E-state index contributed by atoms with van der Waals surface area (Å²) in [7, 11) is 0. The summed E-state index contributed by atoms with van der Waals surface area (Å²) in [5.74, 6) is -0.721. The zero-order chi connectivity index (χ0) is 16.2. The molecule has 0 radical (unpaired) electrons. The van der Waals surface area contributed by atoms with Crippen molar-refractivity contribution >= 4 is 11.8 Å². The zero-order valence-electron chi connectivity index (χ0n) is 12.5. The van der Waals surface area contributed by atoms with Crippen LogP contribution in [-0.4, -0.2) is 24.4 Å². The molecule has 1 saturated heterocycles. The Morgan fingerprint density at radius 2 is 1.91 bits per heavy atom. The summed E-state index contributed by atoms with van der Waals surface area (Å²) < 4.78 is 13.0. The Morgan fingerprint density at radius 1 is 1.13 bits per heavy atom. The van der Waals surface area contributed by atoms with Crippen LogP contribution < -0.4 is 10.6 Å². The third-order valence-electron chi connectivity index (χ3n) is 3.89. The van der Waals surface area contributed by atoms with Gasteiger partial charge in [-0.25, -0.2) is 4.39 Å². The number of hydrogen-bond acceptors (Lipinski definition) is 2. The Hall–Kier alpha value is -2.69.